The van der Waals surface area contributed by atoms with Crippen molar-refractivity contribution in [3.63, 3.8) is 0 Å². The normalized spacial score (nSPS) is 13.3. The van der Waals surface area contributed by atoms with Crippen molar-refractivity contribution < 1.29 is 19.5 Å². The molecular weight excluding hydrogens is 162 g/mol. The van der Waals surface area contributed by atoms with Crippen LogP contribution in [0.5, 0.6) is 0 Å². The average Bonchev–Trinajstić information content (AvgIpc) is 2.51. The zero-order chi connectivity index (χ0) is 8.97. The summed E-state index contributed by atoms with van der Waals surface area (Å²) in [6.45, 7) is 0. The summed E-state index contributed by atoms with van der Waals surface area (Å²) in [5, 5.41) is 19.4. The number of carboxylic acid groups (broad SMARTS) is 1. The van der Waals surface area contributed by atoms with Crippen LogP contribution in [0.4, 0.5) is 0 Å². The number of hydrogen-bond acceptors (Lipinski definition) is 4. The lowest BCUT2D eigenvalue weighted by Gasteiger charge is -2.00. The molecule has 0 amide bonds. The smallest absolute Gasteiger partial charge is 0.319 e. The Labute approximate surface area is 67.9 Å². The fraction of sp³-hybridized carbons (Fsp3) is 0.143. The molecule has 1 aromatic heterocycles. The van der Waals surface area contributed by atoms with E-state index in [0.29, 0.717) is 0 Å². The van der Waals surface area contributed by atoms with Crippen LogP contribution in [0.1, 0.15) is 11.7 Å². The Morgan fingerprint density at radius 3 is 2.92 bits per heavy atom. The summed E-state index contributed by atoms with van der Waals surface area (Å²) >= 11 is 0. The van der Waals surface area contributed by atoms with Crippen molar-refractivity contribution >= 4 is 12.2 Å². The van der Waals surface area contributed by atoms with Crippen LogP contribution in [0.3, 0.4) is 0 Å². The molecule has 1 unspecified atom stereocenters. The van der Waals surface area contributed by atoms with E-state index in [4.69, 9.17) is 14.7 Å². The van der Waals surface area contributed by atoms with Gasteiger partial charge in [-0.05, 0) is 12.1 Å². The van der Waals surface area contributed by atoms with E-state index in [9.17, 15) is 4.79 Å². The van der Waals surface area contributed by atoms with Crippen molar-refractivity contribution in [1.82, 2.24) is 0 Å². The minimum Gasteiger partial charge on any atom is -0.480 e. The third-order valence-corrected chi connectivity index (χ3v) is 1.33. The van der Waals surface area contributed by atoms with Crippen LogP contribution >= 0.6 is 0 Å². The fourth-order valence-electron chi connectivity index (χ4n) is 0.794. The Balaban J connectivity index is 2.88. The Kier molecular flexibility index (Phi) is 2.47. The minimum absolute atomic E-state index is 0.236. The topological polar surface area (TPSA) is 83.0 Å². The number of carbonyl (C=O) groups is 1. The summed E-state index contributed by atoms with van der Waals surface area (Å²) in [6.07, 6.45) is 2.25. The number of rotatable bonds is 3. The minimum atomic E-state index is -1.12. The maximum absolute atomic E-state index is 10.5. The maximum Gasteiger partial charge on any atom is 0.319 e. The fourth-order valence-corrected chi connectivity index (χ4v) is 0.794. The van der Waals surface area contributed by atoms with Gasteiger partial charge in [-0.3, -0.25) is 4.79 Å². The molecule has 0 saturated carbocycles. The molecule has 0 bridgehead atoms. The number of carboxylic acids is 1. The average molecular weight is 169 g/mol. The van der Waals surface area contributed by atoms with Gasteiger partial charge in [0.05, 0.1) is 12.5 Å². The zero-order valence-corrected chi connectivity index (χ0v) is 6.04. The van der Waals surface area contributed by atoms with Gasteiger partial charge in [-0.15, -0.1) is 5.16 Å². The van der Waals surface area contributed by atoms with Crippen LogP contribution < -0.4 is 0 Å². The third-order valence-electron chi connectivity index (χ3n) is 1.33. The molecule has 64 valence electrons. The monoisotopic (exact) mass is 169 g/mol. The molecule has 1 rings (SSSR count). The van der Waals surface area contributed by atoms with Gasteiger partial charge in [0.25, 0.3) is 0 Å². The van der Waals surface area contributed by atoms with Gasteiger partial charge in [-0.2, -0.15) is 0 Å². The molecular formula is C7H7NO4. The van der Waals surface area contributed by atoms with Crippen LogP contribution in [0.15, 0.2) is 28.0 Å². The summed E-state index contributed by atoms with van der Waals surface area (Å²) in [5.41, 5.74) is 0. The van der Waals surface area contributed by atoms with Crippen molar-refractivity contribution in [2.75, 3.05) is 0 Å². The molecule has 1 atom stereocenters. The van der Waals surface area contributed by atoms with Gasteiger partial charge in [0, 0.05) is 0 Å². The first-order valence-corrected chi connectivity index (χ1v) is 3.19. The highest BCUT2D eigenvalue weighted by Gasteiger charge is 2.20. The number of oxime groups is 1. The quantitative estimate of drug-likeness (QED) is 0.400. The van der Waals surface area contributed by atoms with Crippen LogP contribution in [0.25, 0.3) is 0 Å². The summed E-state index contributed by atoms with van der Waals surface area (Å²) in [6, 6.07) is 3.07. The summed E-state index contributed by atoms with van der Waals surface area (Å²) in [5.74, 6) is -1.91. The van der Waals surface area contributed by atoms with E-state index in [1.165, 1.54) is 12.3 Å². The lowest BCUT2D eigenvalue weighted by Crippen LogP contribution is -2.11. The number of furan rings is 1. The van der Waals surface area contributed by atoms with Crippen molar-refractivity contribution in [3.8, 4) is 0 Å². The number of nitrogens with zero attached hydrogens (tertiary/aromatic N) is 1. The first kappa shape index (κ1) is 8.32. The highest BCUT2D eigenvalue weighted by Crippen LogP contribution is 2.13. The number of aliphatic carboxylic acids is 1. The first-order valence-electron chi connectivity index (χ1n) is 3.19. The van der Waals surface area contributed by atoms with Gasteiger partial charge < -0.3 is 14.7 Å². The molecule has 1 heterocycles. The molecule has 0 spiro atoms. The third kappa shape index (κ3) is 1.63. The number of hydrogen-bond donors (Lipinski definition) is 2. The molecule has 0 aliphatic carbocycles. The highest BCUT2D eigenvalue weighted by molar-refractivity contribution is 5.93. The second-order valence-corrected chi connectivity index (χ2v) is 2.10. The molecule has 0 aromatic carbocycles. The van der Waals surface area contributed by atoms with E-state index in [2.05, 4.69) is 5.16 Å². The maximum atomic E-state index is 10.5. The van der Waals surface area contributed by atoms with Gasteiger partial charge >= 0.3 is 5.97 Å². The highest BCUT2D eigenvalue weighted by atomic mass is 16.4. The van der Waals surface area contributed by atoms with E-state index in [1.807, 2.05) is 0 Å². The van der Waals surface area contributed by atoms with E-state index in [0.717, 1.165) is 6.21 Å². The molecule has 0 aliphatic rings. The lowest BCUT2D eigenvalue weighted by molar-refractivity contribution is -0.137. The van der Waals surface area contributed by atoms with Crippen LogP contribution in [-0.2, 0) is 4.79 Å². The molecule has 0 aliphatic heterocycles. The standard InChI is InChI=1S/C7H7NO4/c9-7(10)5(4-8-11)6-2-1-3-12-6/h1-5,11H,(H,9,10). The van der Waals surface area contributed by atoms with Crippen molar-refractivity contribution in [2.45, 2.75) is 5.92 Å². The van der Waals surface area contributed by atoms with Crippen molar-refractivity contribution in [3.05, 3.63) is 24.2 Å². The van der Waals surface area contributed by atoms with Crippen LogP contribution in [-0.4, -0.2) is 22.5 Å². The van der Waals surface area contributed by atoms with Gasteiger partial charge in [-0.25, -0.2) is 0 Å². The Morgan fingerprint density at radius 2 is 2.50 bits per heavy atom. The van der Waals surface area contributed by atoms with E-state index in [1.54, 1.807) is 6.07 Å². The van der Waals surface area contributed by atoms with Crippen molar-refractivity contribution in [1.29, 1.82) is 0 Å². The van der Waals surface area contributed by atoms with Crippen LogP contribution in [0, 0.1) is 0 Å². The predicted molar refractivity (Wildman–Crippen MR) is 39.4 cm³/mol. The second-order valence-electron chi connectivity index (χ2n) is 2.10. The summed E-state index contributed by atoms with van der Waals surface area (Å²) in [4.78, 5) is 10.5. The Morgan fingerprint density at radius 1 is 1.75 bits per heavy atom. The van der Waals surface area contributed by atoms with E-state index in [-0.39, 0.29) is 5.76 Å². The molecule has 12 heavy (non-hydrogen) atoms. The van der Waals surface area contributed by atoms with Crippen LogP contribution in [0.2, 0.25) is 0 Å². The Bertz CT molecular complexity index is 278. The van der Waals surface area contributed by atoms with Gasteiger partial charge in [0.2, 0.25) is 0 Å². The molecule has 0 fully saturated rings. The predicted octanol–water partition coefficient (Wildman–Crippen LogP) is 0.908. The molecule has 0 saturated heterocycles. The molecule has 2 N–H and O–H groups in total. The molecule has 1 aromatic rings. The summed E-state index contributed by atoms with van der Waals surface area (Å²) in [7, 11) is 0. The molecule has 0 radical (unpaired) electrons. The largest absolute Gasteiger partial charge is 0.480 e. The summed E-state index contributed by atoms with van der Waals surface area (Å²) < 4.78 is 4.83. The Hall–Kier alpha value is -1.78. The molecule has 5 nitrogen and oxygen atoms in total. The second kappa shape index (κ2) is 3.56. The lowest BCUT2D eigenvalue weighted by atomic mass is 10.1. The van der Waals surface area contributed by atoms with E-state index < -0.39 is 11.9 Å². The van der Waals surface area contributed by atoms with E-state index >= 15 is 0 Å². The molecule has 5 heteroatoms. The zero-order valence-electron chi connectivity index (χ0n) is 6.04. The first-order chi connectivity index (χ1) is 5.75. The van der Waals surface area contributed by atoms with Crippen molar-refractivity contribution in [2.24, 2.45) is 5.16 Å². The van der Waals surface area contributed by atoms with Gasteiger partial charge in [0.15, 0.2) is 5.92 Å². The SMILES string of the molecule is O=C(O)C(C=NO)c1ccco1. The van der Waals surface area contributed by atoms with Gasteiger partial charge in [0.1, 0.15) is 5.76 Å². The van der Waals surface area contributed by atoms with Gasteiger partial charge in [-0.1, -0.05) is 0 Å².